The van der Waals surface area contributed by atoms with Gasteiger partial charge in [0, 0.05) is 29.8 Å². The normalized spacial score (nSPS) is 23.4. The number of amides is 1. The molecule has 1 amide bonds. The second-order valence-electron chi connectivity index (χ2n) is 4.25. The molecule has 3 nitrogen and oxygen atoms in total. The van der Waals surface area contributed by atoms with E-state index in [-0.39, 0.29) is 0 Å². The fourth-order valence-corrected chi connectivity index (χ4v) is 4.09. The van der Waals surface area contributed by atoms with E-state index in [0.29, 0.717) is 16.9 Å². The number of thioether (sulfide) groups is 2. The average Bonchev–Trinajstić information content (AvgIpc) is 2.38. The van der Waals surface area contributed by atoms with Gasteiger partial charge in [0.1, 0.15) is 0 Å². The van der Waals surface area contributed by atoms with Crippen molar-refractivity contribution < 1.29 is 4.79 Å². The Kier molecular flexibility index (Phi) is 5.32. The summed E-state index contributed by atoms with van der Waals surface area (Å²) in [5.41, 5.74) is 0. The predicted octanol–water partition coefficient (Wildman–Crippen LogP) is 1.05. The molecular weight excluding hydrogens is 240 g/mol. The van der Waals surface area contributed by atoms with E-state index in [2.05, 4.69) is 5.32 Å². The lowest BCUT2D eigenvalue weighted by molar-refractivity contribution is -0.127. The zero-order valence-corrected chi connectivity index (χ0v) is 11.2. The highest BCUT2D eigenvalue weighted by Gasteiger charge is 2.19. The Hall–Kier alpha value is 0.130. The van der Waals surface area contributed by atoms with E-state index < -0.39 is 0 Å². The molecule has 0 spiro atoms. The van der Waals surface area contributed by atoms with Crippen molar-refractivity contribution in [1.29, 1.82) is 0 Å². The highest BCUT2D eigenvalue weighted by atomic mass is 32.2. The van der Waals surface area contributed by atoms with E-state index in [1.165, 1.54) is 12.8 Å². The summed E-state index contributed by atoms with van der Waals surface area (Å²) in [6.07, 6.45) is 2.43. The van der Waals surface area contributed by atoms with E-state index >= 15 is 0 Å². The number of rotatable bonds is 3. The number of hydrogen-bond acceptors (Lipinski definition) is 4. The smallest absolute Gasteiger partial charge is 0.232 e. The van der Waals surface area contributed by atoms with E-state index in [1.54, 1.807) is 0 Å². The molecule has 92 valence electrons. The van der Waals surface area contributed by atoms with E-state index in [9.17, 15) is 4.79 Å². The molecule has 0 atom stereocenters. The molecule has 0 bridgehead atoms. The lowest BCUT2D eigenvalue weighted by Crippen LogP contribution is -2.39. The first-order valence-electron chi connectivity index (χ1n) is 6.04. The first kappa shape index (κ1) is 12.6. The molecule has 0 saturated carbocycles. The SMILES string of the molecule is O=C(CSC1CCNCC1)N1CCSCC1. The molecule has 2 fully saturated rings. The van der Waals surface area contributed by atoms with Crippen molar-refractivity contribution in [2.75, 3.05) is 43.4 Å². The maximum atomic E-state index is 11.9. The minimum Gasteiger partial charge on any atom is -0.340 e. The Morgan fingerprint density at radius 3 is 2.69 bits per heavy atom. The van der Waals surface area contributed by atoms with Gasteiger partial charge in [-0.1, -0.05) is 0 Å². The largest absolute Gasteiger partial charge is 0.340 e. The lowest BCUT2D eigenvalue weighted by atomic mass is 10.2. The standard InChI is InChI=1S/C11H20N2OS2/c14-11(13-5-7-15-8-6-13)9-16-10-1-3-12-4-2-10/h10,12H,1-9H2. The van der Waals surface area contributed by atoms with Gasteiger partial charge in [-0.3, -0.25) is 4.79 Å². The fourth-order valence-electron chi connectivity index (χ4n) is 2.06. The number of piperidine rings is 1. The molecule has 2 aliphatic rings. The second-order valence-corrected chi connectivity index (χ2v) is 6.77. The highest BCUT2D eigenvalue weighted by Crippen LogP contribution is 2.21. The van der Waals surface area contributed by atoms with Crippen molar-refractivity contribution in [2.24, 2.45) is 0 Å². The second kappa shape index (κ2) is 6.77. The van der Waals surface area contributed by atoms with Crippen molar-refractivity contribution in [3.63, 3.8) is 0 Å². The Labute approximate surface area is 106 Å². The van der Waals surface area contributed by atoms with Gasteiger partial charge in [-0.05, 0) is 25.9 Å². The quantitative estimate of drug-likeness (QED) is 0.822. The first-order valence-corrected chi connectivity index (χ1v) is 8.24. The van der Waals surface area contributed by atoms with E-state index in [4.69, 9.17) is 0 Å². The van der Waals surface area contributed by atoms with Crippen LogP contribution in [0.5, 0.6) is 0 Å². The fraction of sp³-hybridized carbons (Fsp3) is 0.909. The average molecular weight is 260 g/mol. The molecule has 0 aromatic heterocycles. The van der Waals surface area contributed by atoms with Crippen molar-refractivity contribution >= 4 is 29.4 Å². The molecule has 2 rings (SSSR count). The molecule has 1 N–H and O–H groups in total. The zero-order chi connectivity index (χ0) is 11.2. The van der Waals surface area contributed by atoms with Crippen molar-refractivity contribution in [3.8, 4) is 0 Å². The van der Waals surface area contributed by atoms with Crippen molar-refractivity contribution in [2.45, 2.75) is 18.1 Å². The van der Waals surface area contributed by atoms with E-state index in [0.717, 1.165) is 37.7 Å². The molecule has 2 heterocycles. The Morgan fingerprint density at radius 1 is 1.31 bits per heavy atom. The summed E-state index contributed by atoms with van der Waals surface area (Å²) in [4.78, 5) is 14.0. The van der Waals surface area contributed by atoms with Gasteiger partial charge in [0.25, 0.3) is 0 Å². The summed E-state index contributed by atoms with van der Waals surface area (Å²) in [6, 6.07) is 0. The molecule has 2 aliphatic heterocycles. The van der Waals surface area contributed by atoms with Crippen molar-refractivity contribution in [1.82, 2.24) is 10.2 Å². The maximum absolute atomic E-state index is 11.9. The van der Waals surface area contributed by atoms with Gasteiger partial charge in [0.2, 0.25) is 5.91 Å². The summed E-state index contributed by atoms with van der Waals surface area (Å²) in [6.45, 7) is 4.14. The van der Waals surface area contributed by atoms with Crippen LogP contribution < -0.4 is 5.32 Å². The minimum absolute atomic E-state index is 0.351. The van der Waals surface area contributed by atoms with Gasteiger partial charge in [-0.2, -0.15) is 11.8 Å². The third-order valence-corrected chi connectivity index (χ3v) is 5.39. The third-order valence-electron chi connectivity index (χ3n) is 3.09. The molecule has 5 heteroatoms. The van der Waals surface area contributed by atoms with Crippen LogP contribution in [0.25, 0.3) is 0 Å². The van der Waals surface area contributed by atoms with Crippen LogP contribution in [-0.2, 0) is 4.79 Å². The third kappa shape index (κ3) is 3.86. The van der Waals surface area contributed by atoms with Gasteiger partial charge < -0.3 is 10.2 Å². The van der Waals surface area contributed by atoms with Crippen LogP contribution in [0.15, 0.2) is 0 Å². The van der Waals surface area contributed by atoms with Crippen LogP contribution in [-0.4, -0.2) is 59.5 Å². The summed E-state index contributed by atoms with van der Waals surface area (Å²) in [7, 11) is 0. The number of nitrogens with zero attached hydrogens (tertiary/aromatic N) is 1. The maximum Gasteiger partial charge on any atom is 0.232 e. The molecule has 0 unspecified atom stereocenters. The number of hydrogen-bond donors (Lipinski definition) is 1. The molecular formula is C11H20N2OS2. The highest BCUT2D eigenvalue weighted by molar-refractivity contribution is 8.00. The zero-order valence-electron chi connectivity index (χ0n) is 9.61. The monoisotopic (exact) mass is 260 g/mol. The van der Waals surface area contributed by atoms with Crippen LogP contribution in [0.1, 0.15) is 12.8 Å². The predicted molar refractivity (Wildman–Crippen MR) is 72.3 cm³/mol. The van der Waals surface area contributed by atoms with Gasteiger partial charge in [-0.25, -0.2) is 0 Å². The number of nitrogens with one attached hydrogen (secondary N) is 1. The molecule has 2 saturated heterocycles. The molecule has 0 aliphatic carbocycles. The summed E-state index contributed by atoms with van der Waals surface area (Å²) >= 11 is 3.81. The van der Waals surface area contributed by atoms with Crippen LogP contribution in [0.4, 0.5) is 0 Å². The summed E-state index contributed by atoms with van der Waals surface area (Å²) in [5.74, 6) is 3.27. The van der Waals surface area contributed by atoms with E-state index in [1.807, 2.05) is 28.4 Å². The van der Waals surface area contributed by atoms with Crippen LogP contribution in [0, 0.1) is 0 Å². The Morgan fingerprint density at radius 2 is 2.00 bits per heavy atom. The molecule has 0 aromatic carbocycles. The molecule has 16 heavy (non-hydrogen) atoms. The topological polar surface area (TPSA) is 32.3 Å². The van der Waals surface area contributed by atoms with Crippen LogP contribution in [0.2, 0.25) is 0 Å². The Balaban J connectivity index is 1.65. The van der Waals surface area contributed by atoms with Gasteiger partial charge in [0.15, 0.2) is 0 Å². The van der Waals surface area contributed by atoms with Crippen molar-refractivity contribution in [3.05, 3.63) is 0 Å². The van der Waals surface area contributed by atoms with Gasteiger partial charge in [0.05, 0.1) is 5.75 Å². The summed E-state index contributed by atoms with van der Waals surface area (Å²) < 4.78 is 0. The van der Waals surface area contributed by atoms with Crippen LogP contribution >= 0.6 is 23.5 Å². The lowest BCUT2D eigenvalue weighted by Gasteiger charge is -2.27. The summed E-state index contributed by atoms with van der Waals surface area (Å²) in [5, 5.41) is 4.05. The van der Waals surface area contributed by atoms with Gasteiger partial charge >= 0.3 is 0 Å². The van der Waals surface area contributed by atoms with Gasteiger partial charge in [-0.15, -0.1) is 11.8 Å². The molecule has 0 radical (unpaired) electrons. The Bertz CT molecular complexity index is 226. The number of carbonyl (C=O) groups excluding carboxylic acids is 1. The minimum atomic E-state index is 0.351. The number of carbonyl (C=O) groups is 1. The van der Waals surface area contributed by atoms with Crippen LogP contribution in [0.3, 0.4) is 0 Å². The molecule has 0 aromatic rings. The first-order chi connectivity index (χ1) is 7.86.